The van der Waals surface area contributed by atoms with Crippen molar-refractivity contribution in [3.05, 3.63) is 36.5 Å². The Morgan fingerprint density at radius 1 is 0.839 bits per heavy atom. The van der Waals surface area contributed by atoms with Gasteiger partial charge in [-0.3, -0.25) is 9.59 Å². The first-order valence-corrected chi connectivity index (χ1v) is 21.2. The molecule has 11 nitrogen and oxygen atoms in total. The summed E-state index contributed by atoms with van der Waals surface area (Å²) in [6.07, 6.45) is 9.62. The van der Waals surface area contributed by atoms with Crippen LogP contribution in [0.25, 0.3) is 0 Å². The summed E-state index contributed by atoms with van der Waals surface area (Å²) < 4.78 is 20.0. The number of aliphatic hydroxyl groups excluding tert-OH is 4. The minimum atomic E-state index is -2.18. The third kappa shape index (κ3) is 11.5. The van der Waals surface area contributed by atoms with Gasteiger partial charge in [0.2, 0.25) is 0 Å². The van der Waals surface area contributed by atoms with Crippen molar-refractivity contribution in [2.24, 2.45) is 53.3 Å². The summed E-state index contributed by atoms with van der Waals surface area (Å²) in [4.78, 5) is 40.5. The highest BCUT2D eigenvalue weighted by Gasteiger charge is 2.56. The fourth-order valence-electron chi connectivity index (χ4n) is 9.01. The van der Waals surface area contributed by atoms with Crippen LogP contribution in [0.5, 0.6) is 0 Å². The third-order valence-corrected chi connectivity index (χ3v) is 13.4. The van der Waals surface area contributed by atoms with E-state index in [-0.39, 0.29) is 35.9 Å². The third-order valence-electron chi connectivity index (χ3n) is 13.4. The van der Waals surface area contributed by atoms with Crippen LogP contribution >= 0.6 is 0 Å². The number of aliphatic hydroxyl groups is 5. The summed E-state index contributed by atoms with van der Waals surface area (Å²) in [5.41, 5.74) is -2.18. The molecule has 3 rings (SSSR count). The van der Waals surface area contributed by atoms with E-state index >= 15 is 0 Å². The molecule has 0 radical (unpaired) electrons. The molecule has 320 valence electrons. The van der Waals surface area contributed by atoms with Crippen LogP contribution < -0.4 is 0 Å². The molecule has 3 aliphatic rings. The maximum atomic E-state index is 13.5. The van der Waals surface area contributed by atoms with Gasteiger partial charge in [0.15, 0.2) is 11.6 Å². The maximum absolute atomic E-state index is 13.5. The van der Waals surface area contributed by atoms with E-state index < -0.39 is 89.0 Å². The average molecular weight is 791 g/mol. The molecule has 56 heavy (non-hydrogen) atoms. The highest BCUT2D eigenvalue weighted by Crippen LogP contribution is 2.49. The molecule has 0 aromatic heterocycles. The van der Waals surface area contributed by atoms with Crippen LogP contribution in [0.4, 0.5) is 0 Å². The number of carbonyl (C=O) groups is 3. The van der Waals surface area contributed by atoms with Crippen molar-refractivity contribution in [2.45, 2.75) is 175 Å². The predicted octanol–water partition coefficient (Wildman–Crippen LogP) is 5.88. The van der Waals surface area contributed by atoms with E-state index in [1.165, 1.54) is 39.8 Å². The zero-order valence-electron chi connectivity index (χ0n) is 35.8. The predicted molar refractivity (Wildman–Crippen MR) is 215 cm³/mol. The van der Waals surface area contributed by atoms with E-state index in [0.717, 1.165) is 19.3 Å². The van der Waals surface area contributed by atoms with Gasteiger partial charge < -0.3 is 39.7 Å². The molecule has 18 atom stereocenters. The number of carbonyl (C=O) groups excluding carboxylic acids is 3. The van der Waals surface area contributed by atoms with Crippen molar-refractivity contribution in [2.75, 3.05) is 0 Å². The molecule has 2 saturated heterocycles. The van der Waals surface area contributed by atoms with Gasteiger partial charge in [-0.25, -0.2) is 4.79 Å². The van der Waals surface area contributed by atoms with E-state index in [9.17, 15) is 39.9 Å². The molecule has 0 amide bonds. The maximum Gasteiger partial charge on any atom is 0.330 e. The lowest BCUT2D eigenvalue weighted by molar-refractivity contribution is -0.371. The fourth-order valence-corrected chi connectivity index (χ4v) is 9.01. The lowest BCUT2D eigenvalue weighted by Crippen LogP contribution is -2.62. The Bertz CT molecular complexity index is 1390. The number of rotatable bonds is 3. The highest BCUT2D eigenvalue weighted by molar-refractivity contribution is 5.91. The Morgan fingerprint density at radius 2 is 1.48 bits per heavy atom. The average Bonchev–Trinajstić information content (AvgIpc) is 3.16. The lowest BCUT2D eigenvalue weighted by atomic mass is 9.74. The van der Waals surface area contributed by atoms with E-state index in [0.29, 0.717) is 25.7 Å². The SMILES string of the molecule is CC[C@@H]1/C=C\C=C/C[C@H](C)[C@@H](O)[C@](C)(O)C(=O)[C@H](C)[C@@H](O)[C@H](C)C(=O)[C@H](C)[C@@H](O)[C@H](C)/C=C/C(=O)O[C@H]2[C@@H](C)[C@@H](CC1)O[C@@]1(CC[C@@H](C)[C@@H](C[C@H](C)O)O1)[C@@H]2C. The van der Waals surface area contributed by atoms with Crippen LogP contribution in [0.2, 0.25) is 0 Å². The van der Waals surface area contributed by atoms with Gasteiger partial charge in [0.25, 0.3) is 0 Å². The van der Waals surface area contributed by atoms with E-state index in [1.807, 2.05) is 32.1 Å². The highest BCUT2D eigenvalue weighted by atomic mass is 16.7. The van der Waals surface area contributed by atoms with E-state index in [2.05, 4.69) is 19.9 Å². The van der Waals surface area contributed by atoms with Crippen LogP contribution in [-0.4, -0.2) is 97.2 Å². The number of hydrogen-bond acceptors (Lipinski definition) is 11. The van der Waals surface area contributed by atoms with Crippen molar-refractivity contribution in [3.8, 4) is 0 Å². The zero-order chi connectivity index (χ0) is 42.3. The van der Waals surface area contributed by atoms with Crippen LogP contribution in [0.15, 0.2) is 36.5 Å². The van der Waals surface area contributed by atoms with Crippen LogP contribution in [0.3, 0.4) is 0 Å². The molecule has 0 saturated carbocycles. The Morgan fingerprint density at radius 3 is 2.11 bits per heavy atom. The van der Waals surface area contributed by atoms with E-state index in [1.54, 1.807) is 20.8 Å². The minimum absolute atomic E-state index is 0.168. The standard InChI is InChI=1S/C45H74O11/c1-12-34-17-15-13-14-16-27(4)42(51)44(11,53)43(52)32(9)40(50)31(8)39(49)30(7)38(48)26(3)18-21-37(47)54-41-29(6)35(20-19-34)55-45(33(41)10)23-22-25(2)36(56-45)24-28(5)46/h13-15,17-18,21,25-36,38,40-42,46,48,50-51,53H,12,16,19-20,22-24H2,1-11H3/b14-13-,17-15-,21-18+/t25-,26-,27+,28+,29+,30-,31-,32-,33-,34-,35-,36-,38+,40+,41+,42-,44+,45-/m1/s1. The second kappa shape index (κ2) is 20.6. The van der Waals surface area contributed by atoms with Gasteiger partial charge in [0.05, 0.1) is 36.6 Å². The van der Waals surface area contributed by atoms with Gasteiger partial charge >= 0.3 is 5.97 Å². The number of allylic oxidation sites excluding steroid dienone is 4. The monoisotopic (exact) mass is 791 g/mol. The van der Waals surface area contributed by atoms with Gasteiger partial charge in [0, 0.05) is 48.0 Å². The number of Topliss-reactive ketones (excluding diaryl/α,β-unsaturated/α-hetero) is 2. The number of ether oxygens (including phenoxy) is 3. The summed E-state index contributed by atoms with van der Waals surface area (Å²) in [5.74, 6) is -7.28. The van der Waals surface area contributed by atoms with Crippen molar-refractivity contribution >= 4 is 17.5 Å². The van der Waals surface area contributed by atoms with Gasteiger partial charge in [0.1, 0.15) is 17.5 Å². The van der Waals surface area contributed by atoms with Crippen molar-refractivity contribution < 1.29 is 54.1 Å². The largest absolute Gasteiger partial charge is 0.458 e. The first kappa shape index (κ1) is 48.1. The fraction of sp³-hybridized carbons (Fsp3) is 0.800. The van der Waals surface area contributed by atoms with Gasteiger partial charge in [-0.15, -0.1) is 0 Å². The van der Waals surface area contributed by atoms with E-state index in [4.69, 9.17) is 14.2 Å². The first-order valence-electron chi connectivity index (χ1n) is 21.2. The second-order valence-electron chi connectivity index (χ2n) is 18.0. The van der Waals surface area contributed by atoms with Crippen molar-refractivity contribution in [3.63, 3.8) is 0 Å². The Hall–Kier alpha value is -2.25. The molecule has 0 aromatic rings. The lowest BCUT2D eigenvalue weighted by Gasteiger charge is -2.55. The first-order chi connectivity index (χ1) is 26.1. The second-order valence-corrected chi connectivity index (χ2v) is 18.0. The topological polar surface area (TPSA) is 180 Å². The van der Waals surface area contributed by atoms with Crippen molar-refractivity contribution in [1.82, 2.24) is 0 Å². The van der Waals surface area contributed by atoms with Crippen molar-refractivity contribution in [1.29, 1.82) is 0 Å². The summed E-state index contributed by atoms with van der Waals surface area (Å²) in [6, 6.07) is 0. The molecule has 1 spiro atoms. The van der Waals surface area contributed by atoms with Gasteiger partial charge in [-0.1, -0.05) is 92.7 Å². The molecule has 0 aromatic carbocycles. The quantitative estimate of drug-likeness (QED) is 0.216. The normalized spacial score (nSPS) is 46.8. The molecule has 0 aliphatic carbocycles. The Kier molecular flexibility index (Phi) is 17.7. The number of hydrogen-bond donors (Lipinski definition) is 5. The molecule has 2 fully saturated rings. The summed E-state index contributed by atoms with van der Waals surface area (Å²) >= 11 is 0. The van der Waals surface area contributed by atoms with Gasteiger partial charge in [-0.05, 0) is 70.1 Å². The minimum Gasteiger partial charge on any atom is -0.458 e. The molecular formula is C45H74O11. The molecule has 2 bridgehead atoms. The summed E-state index contributed by atoms with van der Waals surface area (Å²) in [5, 5.41) is 55.0. The van der Waals surface area contributed by atoms with Crippen LogP contribution in [0, 0.1) is 53.3 Å². The van der Waals surface area contributed by atoms with Crippen LogP contribution in [-0.2, 0) is 28.6 Å². The number of esters is 1. The number of fused-ring (bicyclic) bond motifs is 2. The number of ketones is 2. The van der Waals surface area contributed by atoms with Gasteiger partial charge in [-0.2, -0.15) is 0 Å². The summed E-state index contributed by atoms with van der Waals surface area (Å²) in [7, 11) is 0. The smallest absolute Gasteiger partial charge is 0.330 e. The zero-order valence-corrected chi connectivity index (χ0v) is 35.8. The summed E-state index contributed by atoms with van der Waals surface area (Å²) in [6.45, 7) is 19.1. The molecular weight excluding hydrogens is 716 g/mol. The molecule has 3 aliphatic heterocycles. The molecule has 5 N–H and O–H groups in total. The van der Waals surface area contributed by atoms with Crippen LogP contribution in [0.1, 0.15) is 121 Å². The molecule has 3 heterocycles. The molecule has 11 heteroatoms. The Labute approximate surface area is 336 Å². The Balaban J connectivity index is 1.99. The molecule has 0 unspecified atom stereocenters.